The molecule has 10 nitrogen and oxygen atoms in total. The molecule has 3 heterocycles. The standard InChI is InChI=1S/C31H37ClFN9O/c1-18-30(5,9-8-24(33)37-18)27(23-16-42(40-39-23)31(10-11-31)28(43)41(6)7)38-20-12-21-25(36-17-29(2,3)4)19(14-34)15-35-26(21)22(32)13-20/h8-9,12-13,15-16,18,27,38H,10-11,17H2,1-7H3,(H,35,36)/t18?,27-,30?/m1/s1. The number of benzene rings is 1. The molecule has 2 aromatic heterocycles. The van der Waals surface area contributed by atoms with Crippen LogP contribution in [0.5, 0.6) is 0 Å². The molecular weight excluding hydrogens is 569 g/mol. The van der Waals surface area contributed by atoms with Crippen molar-refractivity contribution in [3.8, 4) is 6.07 Å². The van der Waals surface area contributed by atoms with Crippen molar-refractivity contribution in [2.45, 2.75) is 65.1 Å². The number of dihydropyridines is 1. The minimum Gasteiger partial charge on any atom is -0.383 e. The molecule has 3 atom stereocenters. The molecule has 0 bridgehead atoms. The number of aliphatic imine (C=N–C) groups is 1. The summed E-state index contributed by atoms with van der Waals surface area (Å²) in [5.74, 6) is -0.575. The number of anilines is 2. The molecule has 226 valence electrons. The minimum atomic E-state index is -0.752. The van der Waals surface area contributed by atoms with Crippen molar-refractivity contribution in [2.24, 2.45) is 15.8 Å². The van der Waals surface area contributed by atoms with Crippen LogP contribution in [0, 0.1) is 22.2 Å². The lowest BCUT2D eigenvalue weighted by Gasteiger charge is -2.39. The molecule has 1 fully saturated rings. The van der Waals surface area contributed by atoms with E-state index in [2.05, 4.69) is 57.8 Å². The SMILES string of the molecule is CC1N=C(F)C=CC1(C)[C@H](Nc1cc(Cl)c2ncc(C#N)c(NCC(C)(C)C)c2c1)c1cn(C2(C(=O)N(C)C)CC2)nn1. The molecular formula is C31H37ClFN9O. The van der Waals surface area contributed by atoms with Crippen molar-refractivity contribution in [3.63, 3.8) is 0 Å². The molecule has 1 amide bonds. The monoisotopic (exact) mass is 605 g/mol. The molecule has 1 saturated carbocycles. The van der Waals surface area contributed by atoms with Crippen LogP contribution in [0.15, 0.2) is 41.7 Å². The summed E-state index contributed by atoms with van der Waals surface area (Å²) >= 11 is 6.78. The quantitative estimate of drug-likeness (QED) is 0.329. The zero-order chi connectivity index (χ0) is 31.3. The van der Waals surface area contributed by atoms with E-state index in [0.29, 0.717) is 57.9 Å². The number of nitrogens with one attached hydrogen (secondary N) is 2. The summed E-state index contributed by atoms with van der Waals surface area (Å²) < 4.78 is 15.9. The van der Waals surface area contributed by atoms with Gasteiger partial charge in [-0.25, -0.2) is 4.68 Å². The van der Waals surface area contributed by atoms with Gasteiger partial charge in [-0.3, -0.25) is 14.8 Å². The highest BCUT2D eigenvalue weighted by Gasteiger charge is 2.54. The van der Waals surface area contributed by atoms with E-state index < -0.39 is 29.0 Å². The number of carbonyl (C=O) groups is 1. The van der Waals surface area contributed by atoms with Gasteiger partial charge in [0, 0.05) is 43.3 Å². The molecule has 0 spiro atoms. The van der Waals surface area contributed by atoms with Crippen molar-refractivity contribution >= 4 is 45.8 Å². The Kier molecular flexibility index (Phi) is 7.71. The number of rotatable bonds is 8. The lowest BCUT2D eigenvalue weighted by Crippen LogP contribution is -2.40. The van der Waals surface area contributed by atoms with Gasteiger partial charge in [-0.05, 0) is 43.4 Å². The third-order valence-corrected chi connectivity index (χ3v) is 8.63. The first-order valence-electron chi connectivity index (χ1n) is 14.3. The highest BCUT2D eigenvalue weighted by atomic mass is 35.5. The zero-order valence-electron chi connectivity index (χ0n) is 25.5. The predicted molar refractivity (Wildman–Crippen MR) is 167 cm³/mol. The van der Waals surface area contributed by atoms with Crippen LogP contribution in [0.1, 0.15) is 64.8 Å². The van der Waals surface area contributed by atoms with E-state index in [-0.39, 0.29) is 11.3 Å². The number of halogens is 2. The predicted octanol–water partition coefficient (Wildman–Crippen LogP) is 5.87. The maximum absolute atomic E-state index is 14.2. The largest absolute Gasteiger partial charge is 0.383 e. The summed E-state index contributed by atoms with van der Waals surface area (Å²) in [4.78, 5) is 23.3. The number of nitrogens with zero attached hydrogens (tertiary/aromatic N) is 7. The van der Waals surface area contributed by atoms with Crippen LogP contribution >= 0.6 is 11.6 Å². The topological polar surface area (TPSA) is 124 Å². The Labute approximate surface area is 256 Å². The Morgan fingerprint density at radius 1 is 1.33 bits per heavy atom. The zero-order valence-corrected chi connectivity index (χ0v) is 26.3. The van der Waals surface area contributed by atoms with Gasteiger partial charge in [0.25, 0.3) is 0 Å². The van der Waals surface area contributed by atoms with Crippen LogP contribution in [-0.4, -0.2) is 63.4 Å². The van der Waals surface area contributed by atoms with Crippen LogP contribution in [-0.2, 0) is 10.3 Å². The molecule has 0 radical (unpaired) electrons. The summed E-state index contributed by atoms with van der Waals surface area (Å²) in [6.07, 6.45) is 7.82. The molecule has 43 heavy (non-hydrogen) atoms. The van der Waals surface area contributed by atoms with E-state index >= 15 is 0 Å². The summed E-state index contributed by atoms with van der Waals surface area (Å²) in [6.45, 7) is 10.8. The molecule has 0 saturated heterocycles. The first kappa shape index (κ1) is 30.4. The number of allylic oxidation sites excluding steroid dienone is 1. The van der Waals surface area contributed by atoms with Gasteiger partial charge in [0.2, 0.25) is 11.9 Å². The van der Waals surface area contributed by atoms with Crippen LogP contribution in [0.3, 0.4) is 0 Å². The fraction of sp³-hybridized carbons (Fsp3) is 0.484. The van der Waals surface area contributed by atoms with E-state index in [1.807, 2.05) is 19.9 Å². The number of hydrogen-bond acceptors (Lipinski definition) is 8. The lowest BCUT2D eigenvalue weighted by atomic mass is 9.73. The van der Waals surface area contributed by atoms with Crippen molar-refractivity contribution in [2.75, 3.05) is 31.3 Å². The number of amides is 1. The Morgan fingerprint density at radius 2 is 2.05 bits per heavy atom. The Morgan fingerprint density at radius 3 is 2.65 bits per heavy atom. The molecule has 5 rings (SSSR count). The summed E-state index contributed by atoms with van der Waals surface area (Å²) in [5, 5.41) is 26.9. The lowest BCUT2D eigenvalue weighted by molar-refractivity contribution is -0.134. The van der Waals surface area contributed by atoms with Gasteiger partial charge in [-0.15, -0.1) is 5.10 Å². The number of pyridine rings is 1. The normalized spacial score (nSPS) is 21.6. The molecule has 1 aromatic carbocycles. The number of carbonyl (C=O) groups excluding carboxylic acids is 1. The van der Waals surface area contributed by atoms with Gasteiger partial charge < -0.3 is 15.5 Å². The maximum Gasteiger partial charge on any atom is 0.250 e. The summed E-state index contributed by atoms with van der Waals surface area (Å²) in [6, 6.07) is 4.92. The molecule has 2 unspecified atom stereocenters. The minimum absolute atomic E-state index is 0.0327. The molecule has 2 N–H and O–H groups in total. The van der Waals surface area contributed by atoms with E-state index in [1.165, 1.54) is 12.3 Å². The van der Waals surface area contributed by atoms with E-state index in [0.717, 1.165) is 0 Å². The van der Waals surface area contributed by atoms with E-state index in [4.69, 9.17) is 11.6 Å². The number of aromatic nitrogens is 4. The van der Waals surface area contributed by atoms with Gasteiger partial charge in [0.1, 0.15) is 17.3 Å². The van der Waals surface area contributed by atoms with Gasteiger partial charge >= 0.3 is 0 Å². The molecule has 3 aromatic rings. The third kappa shape index (κ3) is 5.68. The number of nitriles is 1. The number of likely N-dealkylation sites (N-methyl/N-ethyl adjacent to an activating group) is 1. The highest BCUT2D eigenvalue weighted by molar-refractivity contribution is 6.35. The van der Waals surface area contributed by atoms with Gasteiger partial charge in [0.15, 0.2) is 0 Å². The molecule has 1 aliphatic heterocycles. The summed E-state index contributed by atoms with van der Waals surface area (Å²) in [5.41, 5.74) is 1.31. The van der Waals surface area contributed by atoms with Crippen LogP contribution in [0.2, 0.25) is 5.02 Å². The van der Waals surface area contributed by atoms with Gasteiger partial charge in [-0.2, -0.15) is 9.65 Å². The average molecular weight is 606 g/mol. The van der Waals surface area contributed by atoms with E-state index in [1.54, 1.807) is 42.0 Å². The van der Waals surface area contributed by atoms with Crippen LogP contribution in [0.4, 0.5) is 15.8 Å². The first-order chi connectivity index (χ1) is 20.2. The highest BCUT2D eigenvalue weighted by Crippen LogP contribution is 2.47. The van der Waals surface area contributed by atoms with Crippen LogP contribution < -0.4 is 10.6 Å². The number of fused-ring (bicyclic) bond motifs is 1. The van der Waals surface area contributed by atoms with Gasteiger partial charge in [-0.1, -0.05) is 50.6 Å². The second-order valence-corrected chi connectivity index (χ2v) is 13.6. The van der Waals surface area contributed by atoms with Crippen LogP contribution in [0.25, 0.3) is 10.9 Å². The Balaban J connectivity index is 1.61. The van der Waals surface area contributed by atoms with Crippen molar-refractivity contribution in [3.05, 3.63) is 53.0 Å². The van der Waals surface area contributed by atoms with Gasteiger partial charge in [0.05, 0.1) is 40.1 Å². The molecule has 2 aliphatic rings. The van der Waals surface area contributed by atoms with E-state index in [9.17, 15) is 14.4 Å². The third-order valence-electron chi connectivity index (χ3n) is 8.34. The fourth-order valence-corrected chi connectivity index (χ4v) is 5.74. The summed E-state index contributed by atoms with van der Waals surface area (Å²) in [7, 11) is 3.46. The Hall–Kier alpha value is -4.04. The second kappa shape index (κ2) is 10.9. The maximum atomic E-state index is 14.2. The fourth-order valence-electron chi connectivity index (χ4n) is 5.47. The number of hydrogen-bond donors (Lipinski definition) is 2. The molecule has 1 aliphatic carbocycles. The van der Waals surface area contributed by atoms with Crippen molar-refractivity contribution in [1.82, 2.24) is 24.9 Å². The smallest absolute Gasteiger partial charge is 0.250 e. The average Bonchev–Trinajstić information content (AvgIpc) is 3.60. The first-order valence-corrected chi connectivity index (χ1v) is 14.7. The molecule has 12 heteroatoms. The van der Waals surface area contributed by atoms with Crippen molar-refractivity contribution in [1.29, 1.82) is 5.26 Å². The Bertz CT molecular complexity index is 1680. The second-order valence-electron chi connectivity index (χ2n) is 13.2. The van der Waals surface area contributed by atoms with Crippen molar-refractivity contribution < 1.29 is 9.18 Å².